The van der Waals surface area contributed by atoms with Crippen LogP contribution >= 0.6 is 15.9 Å². The fourth-order valence-electron chi connectivity index (χ4n) is 0.853. The van der Waals surface area contributed by atoms with E-state index in [4.69, 9.17) is 0 Å². The number of azo groups is 1. The first kappa shape index (κ1) is 11.6. The topological polar surface area (TPSA) is 64.7 Å². The first-order chi connectivity index (χ1) is 7.13. The molecule has 15 heavy (non-hydrogen) atoms. The Morgan fingerprint density at radius 2 is 2.13 bits per heavy atom. The highest BCUT2D eigenvalue weighted by atomic mass is 79.9. The van der Waals surface area contributed by atoms with E-state index in [0.29, 0.717) is 0 Å². The molecule has 0 aliphatic heterocycles. The van der Waals surface area contributed by atoms with Crippen LogP contribution in [0.15, 0.2) is 33.9 Å². The molecule has 6 heteroatoms. The predicted molar refractivity (Wildman–Crippen MR) is 56.9 cm³/mol. The normalized spacial score (nSPS) is 11.2. The monoisotopic (exact) mass is 272 g/mol. The molecule has 0 aromatic heterocycles. The van der Waals surface area contributed by atoms with Gasteiger partial charge in [0, 0.05) is 16.6 Å². The van der Waals surface area contributed by atoms with E-state index in [0.717, 1.165) is 4.47 Å². The summed E-state index contributed by atoms with van der Waals surface area (Å²) in [5.41, 5.74) is 0.270. The molecule has 0 fully saturated rings. The van der Waals surface area contributed by atoms with E-state index in [-0.39, 0.29) is 17.2 Å². The maximum Gasteiger partial charge on any atom is 0.492 e. The Balaban J connectivity index is 2.79. The minimum absolute atomic E-state index is 0.191. The average molecular weight is 273 g/mol. The van der Waals surface area contributed by atoms with Gasteiger partial charge in [0.2, 0.25) is 5.69 Å². The second-order valence-corrected chi connectivity index (χ2v) is 3.46. The van der Waals surface area contributed by atoms with Crippen LogP contribution in [0.4, 0.5) is 10.5 Å². The standard InChI is InChI=1S/C9H9BrN2O3/c1-2-15-9(13)11-12(14)8-5-3-7(10)4-6-8/h3-6H,2H2,1H3/b12-11-. The van der Waals surface area contributed by atoms with E-state index in [1.54, 1.807) is 31.2 Å². The lowest BCUT2D eigenvalue weighted by atomic mass is 10.3. The highest BCUT2D eigenvalue weighted by molar-refractivity contribution is 9.10. The molecule has 1 aromatic rings. The number of ether oxygens (including phenoxy) is 1. The molecule has 1 rings (SSSR count). The number of nitrogens with zero attached hydrogens (tertiary/aromatic N) is 2. The van der Waals surface area contributed by atoms with E-state index < -0.39 is 6.09 Å². The fourth-order valence-corrected chi connectivity index (χ4v) is 1.12. The van der Waals surface area contributed by atoms with Gasteiger partial charge in [0.15, 0.2) is 0 Å². The number of hydrogen-bond donors (Lipinski definition) is 0. The second-order valence-electron chi connectivity index (χ2n) is 2.55. The first-order valence-corrected chi connectivity index (χ1v) is 5.04. The molecule has 0 heterocycles. The summed E-state index contributed by atoms with van der Waals surface area (Å²) in [6, 6.07) is 6.45. The highest BCUT2D eigenvalue weighted by Crippen LogP contribution is 2.16. The molecule has 0 aliphatic rings. The minimum Gasteiger partial charge on any atom is -0.594 e. The van der Waals surface area contributed by atoms with Gasteiger partial charge in [0.25, 0.3) is 0 Å². The Bertz CT molecular complexity index is 375. The zero-order valence-electron chi connectivity index (χ0n) is 8.01. The summed E-state index contributed by atoms with van der Waals surface area (Å²) in [5, 5.41) is 14.4. The number of benzene rings is 1. The third-order valence-electron chi connectivity index (χ3n) is 1.49. The molecule has 0 radical (unpaired) electrons. The van der Waals surface area contributed by atoms with Gasteiger partial charge in [-0.3, -0.25) is 0 Å². The molecule has 0 saturated heterocycles. The van der Waals surface area contributed by atoms with Crippen molar-refractivity contribution in [3.05, 3.63) is 33.9 Å². The van der Waals surface area contributed by atoms with Gasteiger partial charge in [-0.1, -0.05) is 15.9 Å². The van der Waals surface area contributed by atoms with Gasteiger partial charge in [-0.2, -0.15) is 0 Å². The van der Waals surface area contributed by atoms with Crippen molar-refractivity contribution in [3.63, 3.8) is 0 Å². The third kappa shape index (κ3) is 3.67. The third-order valence-corrected chi connectivity index (χ3v) is 2.02. The fraction of sp³-hybridized carbons (Fsp3) is 0.222. The zero-order valence-corrected chi connectivity index (χ0v) is 9.60. The van der Waals surface area contributed by atoms with Crippen LogP contribution in [0.2, 0.25) is 0 Å². The zero-order chi connectivity index (χ0) is 11.3. The highest BCUT2D eigenvalue weighted by Gasteiger charge is 2.08. The van der Waals surface area contributed by atoms with Crippen LogP contribution in [-0.2, 0) is 4.74 Å². The van der Waals surface area contributed by atoms with Gasteiger partial charge in [-0.05, 0) is 23.9 Å². The molecule has 0 atom stereocenters. The van der Waals surface area contributed by atoms with E-state index in [1.807, 2.05) is 0 Å². The molecule has 80 valence electrons. The molecule has 0 N–H and O–H groups in total. The summed E-state index contributed by atoms with van der Waals surface area (Å²) in [4.78, 5) is 11.1. The lowest BCUT2D eigenvalue weighted by Gasteiger charge is -1.99. The van der Waals surface area contributed by atoms with Gasteiger partial charge >= 0.3 is 6.09 Å². The number of rotatable bonds is 2. The predicted octanol–water partition coefficient (Wildman–Crippen LogP) is 3.20. The largest absolute Gasteiger partial charge is 0.594 e. The van der Waals surface area contributed by atoms with Gasteiger partial charge in [-0.25, -0.2) is 4.79 Å². The second kappa shape index (κ2) is 5.45. The molecular weight excluding hydrogens is 264 g/mol. The van der Waals surface area contributed by atoms with Gasteiger partial charge < -0.3 is 9.94 Å². The summed E-state index contributed by atoms with van der Waals surface area (Å²) in [7, 11) is 0. The number of carbonyl (C=O) groups excluding carboxylic acids is 1. The van der Waals surface area contributed by atoms with Crippen molar-refractivity contribution >= 4 is 27.7 Å². The average Bonchev–Trinajstić information content (AvgIpc) is 2.18. The SMILES string of the molecule is CCOC(=O)/N=[N+](\[O-])c1ccc(Br)cc1. The molecule has 0 spiro atoms. The van der Waals surface area contributed by atoms with Gasteiger partial charge in [0.1, 0.15) is 0 Å². The van der Waals surface area contributed by atoms with Gasteiger partial charge in [0.05, 0.1) is 11.7 Å². The van der Waals surface area contributed by atoms with Crippen LogP contribution in [0.3, 0.4) is 0 Å². The molecule has 0 bridgehead atoms. The van der Waals surface area contributed by atoms with Crippen LogP contribution < -0.4 is 0 Å². The maximum atomic E-state index is 11.3. The first-order valence-electron chi connectivity index (χ1n) is 4.24. The number of halogens is 1. The van der Waals surface area contributed by atoms with Crippen molar-refractivity contribution in [2.45, 2.75) is 6.92 Å². The number of carbonyl (C=O) groups is 1. The molecule has 0 aliphatic carbocycles. The van der Waals surface area contributed by atoms with Crippen LogP contribution in [0.25, 0.3) is 0 Å². The van der Waals surface area contributed by atoms with Crippen LogP contribution in [0.1, 0.15) is 6.92 Å². The lowest BCUT2D eigenvalue weighted by molar-refractivity contribution is -0.436. The Kier molecular flexibility index (Phi) is 4.23. The quantitative estimate of drug-likeness (QED) is 0.472. The van der Waals surface area contributed by atoms with Crippen molar-refractivity contribution in [1.29, 1.82) is 0 Å². The van der Waals surface area contributed by atoms with Crippen LogP contribution in [-0.4, -0.2) is 17.6 Å². The lowest BCUT2D eigenvalue weighted by Crippen LogP contribution is -2.02. The van der Waals surface area contributed by atoms with Crippen molar-refractivity contribution in [2.75, 3.05) is 6.61 Å². The molecular formula is C9H9BrN2O3. The Morgan fingerprint density at radius 3 is 2.67 bits per heavy atom. The van der Waals surface area contributed by atoms with E-state index in [9.17, 15) is 10.0 Å². The van der Waals surface area contributed by atoms with Crippen molar-refractivity contribution in [2.24, 2.45) is 5.11 Å². The summed E-state index contributed by atoms with van der Waals surface area (Å²) in [6.07, 6.45) is -0.893. The van der Waals surface area contributed by atoms with E-state index in [2.05, 4.69) is 25.8 Å². The van der Waals surface area contributed by atoms with Crippen molar-refractivity contribution in [1.82, 2.24) is 0 Å². The van der Waals surface area contributed by atoms with Crippen molar-refractivity contribution in [3.8, 4) is 0 Å². The van der Waals surface area contributed by atoms with Crippen LogP contribution in [0.5, 0.6) is 0 Å². The van der Waals surface area contributed by atoms with E-state index >= 15 is 0 Å². The van der Waals surface area contributed by atoms with Gasteiger partial charge in [-0.15, -0.1) is 0 Å². The molecule has 1 amide bonds. The molecule has 0 unspecified atom stereocenters. The molecule has 0 saturated carbocycles. The minimum atomic E-state index is -0.893. The summed E-state index contributed by atoms with van der Waals surface area (Å²) < 4.78 is 5.34. The number of amides is 1. The van der Waals surface area contributed by atoms with Crippen LogP contribution in [0, 0.1) is 5.21 Å². The molecule has 5 nitrogen and oxygen atoms in total. The van der Waals surface area contributed by atoms with Crippen molar-refractivity contribution < 1.29 is 14.4 Å². The summed E-state index contributed by atoms with van der Waals surface area (Å²) >= 11 is 3.23. The summed E-state index contributed by atoms with van der Waals surface area (Å²) in [5.74, 6) is 0. The Morgan fingerprint density at radius 1 is 1.53 bits per heavy atom. The van der Waals surface area contributed by atoms with E-state index in [1.165, 1.54) is 0 Å². The summed E-state index contributed by atoms with van der Waals surface area (Å²) in [6.45, 7) is 1.83. The smallest absolute Gasteiger partial charge is 0.492 e. The molecule has 1 aromatic carbocycles. The Labute approximate surface area is 95.1 Å². The Hall–Kier alpha value is -1.43. The number of hydrogen-bond acceptors (Lipinski definition) is 3. The maximum absolute atomic E-state index is 11.3.